The Hall–Kier alpha value is -3.32. The molecule has 1 amide bonds. The third-order valence-electron chi connectivity index (χ3n) is 6.26. The summed E-state index contributed by atoms with van der Waals surface area (Å²) in [7, 11) is 0. The molecule has 7 heteroatoms. The first-order valence-corrected chi connectivity index (χ1v) is 12.8. The molecule has 194 valence electrons. The maximum Gasteiger partial charge on any atom is 0.295 e. The molecular weight excluding hydrogens is 456 g/mol. The summed E-state index contributed by atoms with van der Waals surface area (Å²) in [6, 6.07) is 13.6. The SMILES string of the molecule is CCCOc1ccc(/C(O)=C2\C(=O)C(=O)N(CCN(CC)CC)[C@H]2c2ccc(OC(C)C)cc2)cc1. The van der Waals surface area contributed by atoms with Crippen LogP contribution in [0.3, 0.4) is 0 Å². The Balaban J connectivity index is 2.02. The van der Waals surface area contributed by atoms with Gasteiger partial charge in [-0.15, -0.1) is 0 Å². The number of likely N-dealkylation sites (N-methyl/N-ethyl adjacent to an activating group) is 1. The van der Waals surface area contributed by atoms with Crippen LogP contribution in [0.15, 0.2) is 54.1 Å². The van der Waals surface area contributed by atoms with Gasteiger partial charge in [0.05, 0.1) is 24.3 Å². The fourth-order valence-electron chi connectivity index (χ4n) is 4.33. The van der Waals surface area contributed by atoms with E-state index in [4.69, 9.17) is 9.47 Å². The van der Waals surface area contributed by atoms with Crippen LogP contribution in [0.2, 0.25) is 0 Å². The van der Waals surface area contributed by atoms with Gasteiger partial charge in [0.15, 0.2) is 0 Å². The minimum Gasteiger partial charge on any atom is -0.507 e. The van der Waals surface area contributed by atoms with E-state index < -0.39 is 17.7 Å². The Morgan fingerprint density at radius 3 is 2.14 bits per heavy atom. The molecule has 0 saturated carbocycles. The average molecular weight is 495 g/mol. The number of ketones is 1. The number of Topliss-reactive ketones (excluding diaryl/α,β-unsaturated/α-hetero) is 1. The first-order chi connectivity index (χ1) is 17.3. The molecule has 1 fully saturated rings. The van der Waals surface area contributed by atoms with E-state index in [2.05, 4.69) is 18.7 Å². The molecule has 1 aliphatic heterocycles. The third kappa shape index (κ3) is 6.26. The molecule has 0 radical (unpaired) electrons. The number of hydrogen-bond acceptors (Lipinski definition) is 6. The minimum absolute atomic E-state index is 0.0276. The molecule has 1 heterocycles. The van der Waals surface area contributed by atoms with Gasteiger partial charge in [-0.3, -0.25) is 9.59 Å². The first kappa shape index (κ1) is 27.3. The normalized spacial score (nSPS) is 17.3. The van der Waals surface area contributed by atoms with Gasteiger partial charge in [-0.2, -0.15) is 0 Å². The summed E-state index contributed by atoms with van der Waals surface area (Å²) < 4.78 is 11.4. The number of amides is 1. The maximum absolute atomic E-state index is 13.2. The molecule has 0 unspecified atom stereocenters. The van der Waals surface area contributed by atoms with Gasteiger partial charge >= 0.3 is 0 Å². The van der Waals surface area contributed by atoms with Crippen molar-refractivity contribution in [3.8, 4) is 11.5 Å². The molecular formula is C29H38N2O5. The van der Waals surface area contributed by atoms with E-state index >= 15 is 0 Å². The molecule has 2 aromatic carbocycles. The van der Waals surface area contributed by atoms with Crippen molar-refractivity contribution < 1.29 is 24.2 Å². The summed E-state index contributed by atoms with van der Waals surface area (Å²) in [6.07, 6.45) is 0.916. The van der Waals surface area contributed by atoms with Gasteiger partial charge in [0.25, 0.3) is 11.7 Å². The van der Waals surface area contributed by atoms with Crippen molar-refractivity contribution in [3.05, 3.63) is 65.2 Å². The molecule has 1 saturated heterocycles. The number of carbonyl (C=O) groups is 2. The zero-order valence-electron chi connectivity index (χ0n) is 22.0. The van der Waals surface area contributed by atoms with Gasteiger partial charge in [-0.05, 0) is 75.3 Å². The summed E-state index contributed by atoms with van der Waals surface area (Å²) >= 11 is 0. The number of carbonyl (C=O) groups excluding carboxylic acids is 2. The molecule has 7 nitrogen and oxygen atoms in total. The number of hydrogen-bond donors (Lipinski definition) is 1. The molecule has 1 aliphatic rings. The van der Waals surface area contributed by atoms with Crippen LogP contribution in [0.25, 0.3) is 5.76 Å². The Kier molecular flexibility index (Phi) is 9.53. The third-order valence-corrected chi connectivity index (χ3v) is 6.26. The van der Waals surface area contributed by atoms with Gasteiger partial charge in [0, 0.05) is 18.7 Å². The van der Waals surface area contributed by atoms with Crippen molar-refractivity contribution in [2.75, 3.05) is 32.8 Å². The molecule has 0 spiro atoms. The van der Waals surface area contributed by atoms with Gasteiger partial charge in [0.2, 0.25) is 0 Å². The Morgan fingerprint density at radius 1 is 0.972 bits per heavy atom. The van der Waals surface area contributed by atoms with Crippen LogP contribution in [0.5, 0.6) is 11.5 Å². The molecule has 1 N–H and O–H groups in total. The fourth-order valence-corrected chi connectivity index (χ4v) is 4.33. The van der Waals surface area contributed by atoms with E-state index in [9.17, 15) is 14.7 Å². The number of nitrogens with zero attached hydrogens (tertiary/aromatic N) is 2. The second-order valence-corrected chi connectivity index (χ2v) is 9.13. The standard InChI is InChI=1S/C29H38N2O5/c1-6-19-35-23-13-11-22(12-14-23)27(32)25-26(21-9-15-24(16-10-21)36-20(4)5)31(29(34)28(25)33)18-17-30(7-2)8-3/h9-16,20,26,32H,6-8,17-19H2,1-5H3/b27-25+/t26-/m0/s1. The van der Waals surface area contributed by atoms with Crippen LogP contribution < -0.4 is 9.47 Å². The monoisotopic (exact) mass is 494 g/mol. The smallest absolute Gasteiger partial charge is 0.295 e. The lowest BCUT2D eigenvalue weighted by Crippen LogP contribution is -2.38. The summed E-state index contributed by atoms with van der Waals surface area (Å²) in [6.45, 7) is 13.4. The van der Waals surface area contributed by atoms with E-state index in [1.807, 2.05) is 45.0 Å². The topological polar surface area (TPSA) is 79.3 Å². The summed E-state index contributed by atoms with van der Waals surface area (Å²) in [4.78, 5) is 30.2. The molecule has 2 aromatic rings. The first-order valence-electron chi connectivity index (χ1n) is 12.8. The average Bonchev–Trinajstić information content (AvgIpc) is 3.13. The van der Waals surface area contributed by atoms with Crippen LogP contribution in [0.4, 0.5) is 0 Å². The number of rotatable bonds is 12. The van der Waals surface area contributed by atoms with Gasteiger partial charge < -0.3 is 24.4 Å². The largest absolute Gasteiger partial charge is 0.507 e. The van der Waals surface area contributed by atoms with Crippen molar-refractivity contribution >= 4 is 17.4 Å². The van der Waals surface area contributed by atoms with Crippen molar-refractivity contribution in [3.63, 3.8) is 0 Å². The number of benzene rings is 2. The summed E-state index contributed by atoms with van der Waals surface area (Å²) in [5.74, 6) is -0.0694. The van der Waals surface area contributed by atoms with Crippen LogP contribution in [0.1, 0.15) is 58.2 Å². The Labute approximate surface area is 214 Å². The van der Waals surface area contributed by atoms with Crippen LogP contribution in [-0.2, 0) is 9.59 Å². The molecule has 3 rings (SSSR count). The Bertz CT molecular complexity index is 1060. The predicted octanol–water partition coefficient (Wildman–Crippen LogP) is 5.03. The summed E-state index contributed by atoms with van der Waals surface area (Å²) in [5.41, 5.74) is 1.30. The van der Waals surface area contributed by atoms with Gasteiger partial charge in [-0.25, -0.2) is 0 Å². The van der Waals surface area contributed by atoms with Crippen molar-refractivity contribution in [2.45, 2.75) is 53.2 Å². The quantitative estimate of drug-likeness (QED) is 0.253. The lowest BCUT2D eigenvalue weighted by Gasteiger charge is -2.28. The van der Waals surface area contributed by atoms with Crippen LogP contribution >= 0.6 is 0 Å². The Morgan fingerprint density at radius 2 is 1.58 bits per heavy atom. The molecule has 0 aliphatic carbocycles. The molecule has 0 aromatic heterocycles. The number of aliphatic hydroxyl groups is 1. The van der Waals surface area contributed by atoms with E-state index in [0.717, 1.165) is 25.1 Å². The second-order valence-electron chi connectivity index (χ2n) is 9.13. The second kappa shape index (κ2) is 12.6. The number of aliphatic hydroxyl groups excluding tert-OH is 1. The minimum atomic E-state index is -0.690. The molecule has 1 atom stereocenters. The van der Waals surface area contributed by atoms with Crippen LogP contribution in [-0.4, -0.2) is 65.5 Å². The predicted molar refractivity (Wildman–Crippen MR) is 141 cm³/mol. The highest BCUT2D eigenvalue weighted by Crippen LogP contribution is 2.40. The van der Waals surface area contributed by atoms with Crippen molar-refractivity contribution in [1.82, 2.24) is 9.80 Å². The van der Waals surface area contributed by atoms with E-state index in [1.54, 1.807) is 29.2 Å². The fraction of sp³-hybridized carbons (Fsp3) is 0.448. The van der Waals surface area contributed by atoms with Crippen molar-refractivity contribution in [2.24, 2.45) is 0 Å². The molecule has 0 bridgehead atoms. The number of ether oxygens (including phenoxy) is 2. The maximum atomic E-state index is 13.2. The molecule has 36 heavy (non-hydrogen) atoms. The highest BCUT2D eigenvalue weighted by Gasteiger charge is 2.46. The van der Waals surface area contributed by atoms with E-state index in [1.165, 1.54) is 0 Å². The van der Waals surface area contributed by atoms with Crippen molar-refractivity contribution in [1.29, 1.82) is 0 Å². The lowest BCUT2D eigenvalue weighted by molar-refractivity contribution is -0.140. The zero-order valence-corrected chi connectivity index (χ0v) is 22.0. The van der Waals surface area contributed by atoms with Gasteiger partial charge in [-0.1, -0.05) is 32.9 Å². The summed E-state index contributed by atoms with van der Waals surface area (Å²) in [5, 5.41) is 11.3. The number of likely N-dealkylation sites (tertiary alicyclic amines) is 1. The van der Waals surface area contributed by atoms with Crippen LogP contribution in [0, 0.1) is 0 Å². The lowest BCUT2D eigenvalue weighted by atomic mass is 9.95. The zero-order chi connectivity index (χ0) is 26.2. The van der Waals surface area contributed by atoms with E-state index in [0.29, 0.717) is 36.8 Å². The highest BCUT2D eigenvalue weighted by atomic mass is 16.5. The van der Waals surface area contributed by atoms with E-state index in [-0.39, 0.29) is 17.4 Å². The van der Waals surface area contributed by atoms with Gasteiger partial charge in [0.1, 0.15) is 17.3 Å². The highest BCUT2D eigenvalue weighted by molar-refractivity contribution is 6.46.